The summed E-state index contributed by atoms with van der Waals surface area (Å²) in [5, 5.41) is 8.52. The van der Waals surface area contributed by atoms with Gasteiger partial charge in [0.15, 0.2) is 0 Å². The molecule has 0 saturated heterocycles. The number of anilines is 1. The molecule has 96 valence electrons. The maximum Gasteiger partial charge on any atom is 0.0853 e. The van der Waals surface area contributed by atoms with Crippen LogP contribution in [0.15, 0.2) is 28.9 Å². The minimum Gasteiger partial charge on any atom is -0.378 e. The van der Waals surface area contributed by atoms with E-state index in [4.69, 9.17) is 11.6 Å². The largest absolute Gasteiger partial charge is 0.378 e. The zero-order valence-corrected chi connectivity index (χ0v) is 12.7. The molecule has 0 amide bonds. The number of aryl methyl sites for hydroxylation is 2. The number of hydrogen-bond acceptors (Lipinski definition) is 2. The van der Waals surface area contributed by atoms with Crippen LogP contribution in [0.1, 0.15) is 18.2 Å². The van der Waals surface area contributed by atoms with Crippen LogP contribution in [-0.4, -0.2) is 9.78 Å². The van der Waals surface area contributed by atoms with E-state index >= 15 is 0 Å². The molecule has 0 saturated carbocycles. The smallest absolute Gasteiger partial charge is 0.0853 e. The maximum absolute atomic E-state index is 6.07. The van der Waals surface area contributed by atoms with Gasteiger partial charge >= 0.3 is 0 Å². The standard InChI is InChI=1S/C13H15BrClN3/c1-3-12-13(8-18(2)17-12)16-7-9-4-5-10(14)11(15)6-9/h4-6,8,16H,3,7H2,1-2H3. The highest BCUT2D eigenvalue weighted by Gasteiger charge is 2.05. The summed E-state index contributed by atoms with van der Waals surface area (Å²) in [6.07, 6.45) is 2.92. The topological polar surface area (TPSA) is 29.9 Å². The number of hydrogen-bond donors (Lipinski definition) is 1. The number of aromatic nitrogens is 2. The van der Waals surface area contributed by atoms with Gasteiger partial charge in [-0.2, -0.15) is 5.10 Å². The highest BCUT2D eigenvalue weighted by atomic mass is 79.9. The van der Waals surface area contributed by atoms with E-state index < -0.39 is 0 Å². The van der Waals surface area contributed by atoms with Crippen molar-refractivity contribution in [3.63, 3.8) is 0 Å². The normalized spacial score (nSPS) is 10.7. The third-order valence-electron chi connectivity index (χ3n) is 2.71. The van der Waals surface area contributed by atoms with Crippen molar-refractivity contribution in [1.29, 1.82) is 0 Å². The summed E-state index contributed by atoms with van der Waals surface area (Å²) >= 11 is 9.45. The lowest BCUT2D eigenvalue weighted by Crippen LogP contribution is -2.00. The van der Waals surface area contributed by atoms with Crippen LogP contribution in [0.2, 0.25) is 5.02 Å². The molecule has 18 heavy (non-hydrogen) atoms. The molecule has 3 nitrogen and oxygen atoms in total. The highest BCUT2D eigenvalue weighted by Crippen LogP contribution is 2.24. The van der Waals surface area contributed by atoms with E-state index in [9.17, 15) is 0 Å². The molecule has 1 heterocycles. The van der Waals surface area contributed by atoms with Crippen molar-refractivity contribution in [3.05, 3.63) is 45.1 Å². The Morgan fingerprint density at radius 1 is 1.44 bits per heavy atom. The molecule has 0 spiro atoms. The fraction of sp³-hybridized carbons (Fsp3) is 0.308. The van der Waals surface area contributed by atoms with Crippen LogP contribution in [-0.2, 0) is 20.0 Å². The van der Waals surface area contributed by atoms with E-state index in [1.54, 1.807) is 0 Å². The quantitative estimate of drug-likeness (QED) is 0.919. The lowest BCUT2D eigenvalue weighted by molar-refractivity contribution is 0.746. The molecule has 0 bridgehead atoms. The minimum absolute atomic E-state index is 0.733. The van der Waals surface area contributed by atoms with E-state index in [0.717, 1.165) is 39.4 Å². The molecule has 0 aliphatic carbocycles. The van der Waals surface area contributed by atoms with Crippen LogP contribution in [0.4, 0.5) is 5.69 Å². The molecule has 2 aromatic rings. The van der Waals surface area contributed by atoms with Crippen molar-refractivity contribution in [2.24, 2.45) is 7.05 Å². The summed E-state index contributed by atoms with van der Waals surface area (Å²) < 4.78 is 2.75. The van der Waals surface area contributed by atoms with Gasteiger partial charge in [0.2, 0.25) is 0 Å². The fourth-order valence-corrected chi connectivity index (χ4v) is 2.24. The van der Waals surface area contributed by atoms with E-state index in [1.165, 1.54) is 0 Å². The Hall–Kier alpha value is -1.000. The molecular formula is C13H15BrClN3. The highest BCUT2D eigenvalue weighted by molar-refractivity contribution is 9.10. The fourth-order valence-electron chi connectivity index (χ4n) is 1.79. The van der Waals surface area contributed by atoms with E-state index in [0.29, 0.717) is 0 Å². The number of rotatable bonds is 4. The first-order chi connectivity index (χ1) is 8.60. The SMILES string of the molecule is CCc1nn(C)cc1NCc1ccc(Br)c(Cl)c1. The van der Waals surface area contributed by atoms with E-state index in [1.807, 2.05) is 36.1 Å². The second-order valence-electron chi connectivity index (χ2n) is 4.12. The minimum atomic E-state index is 0.733. The molecule has 1 aromatic carbocycles. The van der Waals surface area contributed by atoms with Gasteiger partial charge in [0.25, 0.3) is 0 Å². The Kier molecular flexibility index (Phi) is 4.30. The predicted molar refractivity (Wildman–Crippen MR) is 79.1 cm³/mol. The van der Waals surface area contributed by atoms with Gasteiger partial charge in [0.05, 0.1) is 16.4 Å². The summed E-state index contributed by atoms with van der Waals surface area (Å²) in [4.78, 5) is 0. The maximum atomic E-state index is 6.07. The predicted octanol–water partition coefficient (Wildman–Crippen LogP) is 4.01. The van der Waals surface area contributed by atoms with Gasteiger partial charge in [-0.1, -0.05) is 24.6 Å². The lowest BCUT2D eigenvalue weighted by Gasteiger charge is -2.06. The number of halogens is 2. The monoisotopic (exact) mass is 327 g/mol. The van der Waals surface area contributed by atoms with Crippen LogP contribution >= 0.6 is 27.5 Å². The first-order valence-electron chi connectivity index (χ1n) is 5.80. The Bertz CT molecular complexity index is 551. The second kappa shape index (κ2) is 5.76. The van der Waals surface area contributed by atoms with Gasteiger partial charge in [-0.3, -0.25) is 4.68 Å². The molecule has 1 aromatic heterocycles. The van der Waals surface area contributed by atoms with Crippen LogP contribution in [0.5, 0.6) is 0 Å². The van der Waals surface area contributed by atoms with Gasteiger partial charge in [-0.15, -0.1) is 0 Å². The lowest BCUT2D eigenvalue weighted by atomic mass is 10.2. The van der Waals surface area contributed by atoms with Crippen molar-refractivity contribution in [2.75, 3.05) is 5.32 Å². The van der Waals surface area contributed by atoms with Gasteiger partial charge in [0, 0.05) is 24.3 Å². The van der Waals surface area contributed by atoms with Crippen molar-refractivity contribution in [1.82, 2.24) is 9.78 Å². The van der Waals surface area contributed by atoms with Crippen LogP contribution in [0.25, 0.3) is 0 Å². The average molecular weight is 329 g/mol. The first kappa shape index (κ1) is 13.4. The molecule has 0 aliphatic heterocycles. The van der Waals surface area contributed by atoms with Crippen molar-refractivity contribution in [3.8, 4) is 0 Å². The van der Waals surface area contributed by atoms with Gasteiger partial charge in [0.1, 0.15) is 0 Å². The number of nitrogens with one attached hydrogen (secondary N) is 1. The van der Waals surface area contributed by atoms with E-state index in [2.05, 4.69) is 33.3 Å². The Balaban J connectivity index is 2.08. The second-order valence-corrected chi connectivity index (χ2v) is 5.38. The molecule has 2 rings (SSSR count). The summed E-state index contributed by atoms with van der Waals surface area (Å²) in [6, 6.07) is 5.97. The first-order valence-corrected chi connectivity index (χ1v) is 6.97. The van der Waals surface area contributed by atoms with Crippen molar-refractivity contribution < 1.29 is 0 Å². The summed E-state index contributed by atoms with van der Waals surface area (Å²) in [5.74, 6) is 0. The molecule has 1 N–H and O–H groups in total. The Labute approximate surface area is 120 Å². The zero-order valence-electron chi connectivity index (χ0n) is 10.4. The van der Waals surface area contributed by atoms with Crippen LogP contribution < -0.4 is 5.32 Å². The average Bonchev–Trinajstić information content (AvgIpc) is 2.71. The molecular weight excluding hydrogens is 314 g/mol. The zero-order chi connectivity index (χ0) is 13.1. The van der Waals surface area contributed by atoms with E-state index in [-0.39, 0.29) is 0 Å². The van der Waals surface area contributed by atoms with Crippen molar-refractivity contribution >= 4 is 33.2 Å². The van der Waals surface area contributed by atoms with Crippen molar-refractivity contribution in [2.45, 2.75) is 19.9 Å². The Morgan fingerprint density at radius 2 is 2.22 bits per heavy atom. The van der Waals surface area contributed by atoms with Gasteiger partial charge < -0.3 is 5.32 Å². The third-order valence-corrected chi connectivity index (χ3v) is 3.94. The third kappa shape index (κ3) is 3.06. The summed E-state index contributed by atoms with van der Waals surface area (Å²) in [6.45, 7) is 2.84. The summed E-state index contributed by atoms with van der Waals surface area (Å²) in [5.41, 5.74) is 3.31. The molecule has 0 atom stereocenters. The molecule has 5 heteroatoms. The number of nitrogens with zero attached hydrogens (tertiary/aromatic N) is 2. The molecule has 0 unspecified atom stereocenters. The summed E-state index contributed by atoms with van der Waals surface area (Å²) in [7, 11) is 1.93. The Morgan fingerprint density at radius 3 is 2.89 bits per heavy atom. The van der Waals surface area contributed by atoms with Crippen LogP contribution in [0.3, 0.4) is 0 Å². The van der Waals surface area contributed by atoms with Gasteiger partial charge in [-0.05, 0) is 40.0 Å². The molecule has 0 radical (unpaired) electrons. The molecule has 0 fully saturated rings. The van der Waals surface area contributed by atoms with Crippen LogP contribution in [0, 0.1) is 0 Å². The number of benzene rings is 1. The van der Waals surface area contributed by atoms with Gasteiger partial charge in [-0.25, -0.2) is 0 Å². The molecule has 0 aliphatic rings.